The third-order valence-electron chi connectivity index (χ3n) is 4.79. The average molecular weight is 262 g/mol. The molecule has 18 heavy (non-hydrogen) atoms. The molecule has 2 bridgehead atoms. The second-order valence-corrected chi connectivity index (χ2v) is 7.04. The number of hydrogen-bond donors (Lipinski definition) is 1. The van der Waals surface area contributed by atoms with Crippen LogP contribution in [-0.2, 0) is 0 Å². The van der Waals surface area contributed by atoms with Gasteiger partial charge in [0.15, 0.2) is 0 Å². The summed E-state index contributed by atoms with van der Waals surface area (Å²) in [4.78, 5) is 1.32. The van der Waals surface area contributed by atoms with Gasteiger partial charge < -0.3 is 5.11 Å². The maximum absolute atomic E-state index is 10.4. The topological polar surface area (TPSA) is 20.2 Å². The summed E-state index contributed by atoms with van der Waals surface area (Å²) < 4.78 is 0. The fourth-order valence-electron chi connectivity index (χ4n) is 3.78. The molecule has 3 rings (SSSR count). The molecule has 0 heterocycles. The molecule has 2 aliphatic rings. The van der Waals surface area contributed by atoms with E-state index >= 15 is 0 Å². The minimum absolute atomic E-state index is 0.107. The lowest BCUT2D eigenvalue weighted by Gasteiger charge is -2.26. The van der Waals surface area contributed by atoms with E-state index < -0.39 is 0 Å². The molecule has 4 unspecified atom stereocenters. The minimum atomic E-state index is -0.107. The summed E-state index contributed by atoms with van der Waals surface area (Å²) in [5, 5.41) is 10.4. The van der Waals surface area contributed by atoms with Gasteiger partial charge in [-0.25, -0.2) is 0 Å². The molecule has 98 valence electrons. The molecule has 0 aromatic heterocycles. The van der Waals surface area contributed by atoms with E-state index in [2.05, 4.69) is 31.2 Å². The van der Waals surface area contributed by atoms with Crippen LogP contribution in [0.3, 0.4) is 0 Å². The van der Waals surface area contributed by atoms with Crippen molar-refractivity contribution in [3.8, 4) is 0 Å². The zero-order valence-corrected chi connectivity index (χ0v) is 11.8. The van der Waals surface area contributed by atoms with Gasteiger partial charge in [0, 0.05) is 10.6 Å². The van der Waals surface area contributed by atoms with Crippen LogP contribution in [0.4, 0.5) is 0 Å². The summed E-state index contributed by atoms with van der Waals surface area (Å²) in [6, 6.07) is 8.46. The summed E-state index contributed by atoms with van der Waals surface area (Å²) in [7, 11) is 0. The van der Waals surface area contributed by atoms with Crippen molar-refractivity contribution in [3.05, 3.63) is 29.8 Å². The molecular weight excluding hydrogens is 240 g/mol. The van der Waals surface area contributed by atoms with Crippen LogP contribution in [0, 0.1) is 24.7 Å². The molecule has 2 heteroatoms. The van der Waals surface area contributed by atoms with Crippen LogP contribution in [0.5, 0.6) is 0 Å². The van der Waals surface area contributed by atoms with Gasteiger partial charge in [0.25, 0.3) is 0 Å². The van der Waals surface area contributed by atoms with E-state index in [1.54, 1.807) is 0 Å². The molecule has 0 aliphatic heterocycles. The van der Waals surface area contributed by atoms with Gasteiger partial charge in [-0.1, -0.05) is 24.6 Å². The van der Waals surface area contributed by atoms with Crippen molar-refractivity contribution < 1.29 is 5.11 Å². The number of aliphatic hydroxyl groups excluding tert-OH is 1. The second kappa shape index (κ2) is 5.26. The Morgan fingerprint density at radius 3 is 2.78 bits per heavy atom. The first-order valence-corrected chi connectivity index (χ1v) is 8.09. The summed E-state index contributed by atoms with van der Waals surface area (Å²) in [5.74, 6) is 3.19. The third-order valence-corrected chi connectivity index (χ3v) is 6.07. The van der Waals surface area contributed by atoms with E-state index in [-0.39, 0.29) is 6.10 Å². The summed E-state index contributed by atoms with van der Waals surface area (Å²) >= 11 is 1.82. The van der Waals surface area contributed by atoms with E-state index in [0.29, 0.717) is 5.92 Å². The van der Waals surface area contributed by atoms with Gasteiger partial charge in [0.1, 0.15) is 0 Å². The largest absolute Gasteiger partial charge is 0.392 e. The van der Waals surface area contributed by atoms with Crippen molar-refractivity contribution in [2.75, 3.05) is 5.75 Å². The Bertz CT molecular complexity index is 417. The molecule has 1 N–H and O–H groups in total. The lowest BCUT2D eigenvalue weighted by Crippen LogP contribution is -2.27. The van der Waals surface area contributed by atoms with Gasteiger partial charge in [-0.05, 0) is 55.6 Å². The number of hydrogen-bond acceptors (Lipinski definition) is 2. The summed E-state index contributed by atoms with van der Waals surface area (Å²) in [6.45, 7) is 2.15. The highest BCUT2D eigenvalue weighted by molar-refractivity contribution is 7.99. The van der Waals surface area contributed by atoms with E-state index in [0.717, 1.165) is 17.6 Å². The molecular formula is C16H22OS. The van der Waals surface area contributed by atoms with Crippen molar-refractivity contribution in [1.82, 2.24) is 0 Å². The summed E-state index contributed by atoms with van der Waals surface area (Å²) in [5.41, 5.74) is 1.32. The van der Waals surface area contributed by atoms with E-state index in [9.17, 15) is 5.11 Å². The van der Waals surface area contributed by atoms with Gasteiger partial charge in [-0.2, -0.15) is 0 Å². The molecule has 1 aromatic carbocycles. The fourth-order valence-corrected chi connectivity index (χ4v) is 4.85. The van der Waals surface area contributed by atoms with Crippen LogP contribution < -0.4 is 0 Å². The Kier molecular flexibility index (Phi) is 3.67. The lowest BCUT2D eigenvalue weighted by atomic mass is 9.85. The number of aliphatic hydroxyl groups is 1. The predicted octanol–water partition coefficient (Wildman–Crippen LogP) is 3.88. The van der Waals surface area contributed by atoms with Crippen molar-refractivity contribution in [3.63, 3.8) is 0 Å². The molecule has 2 aliphatic carbocycles. The van der Waals surface area contributed by atoms with Gasteiger partial charge in [-0.15, -0.1) is 11.8 Å². The molecule has 0 radical (unpaired) electrons. The van der Waals surface area contributed by atoms with E-state index in [1.165, 1.54) is 36.1 Å². The van der Waals surface area contributed by atoms with Gasteiger partial charge in [0.05, 0.1) is 6.10 Å². The van der Waals surface area contributed by atoms with Gasteiger partial charge in [-0.3, -0.25) is 0 Å². The monoisotopic (exact) mass is 262 g/mol. The third kappa shape index (κ3) is 2.46. The SMILES string of the molecule is Cc1ccccc1SCC(O)C1CC2CCC1C2. The average Bonchev–Trinajstić information content (AvgIpc) is 2.99. The fraction of sp³-hybridized carbons (Fsp3) is 0.625. The first-order chi connectivity index (χ1) is 8.74. The molecule has 4 atom stereocenters. The number of aryl methyl sites for hydroxylation is 1. The zero-order valence-electron chi connectivity index (χ0n) is 11.0. The molecule has 2 fully saturated rings. The number of fused-ring (bicyclic) bond motifs is 2. The minimum Gasteiger partial charge on any atom is -0.392 e. The van der Waals surface area contributed by atoms with Crippen molar-refractivity contribution in [1.29, 1.82) is 0 Å². The second-order valence-electron chi connectivity index (χ2n) is 5.98. The zero-order chi connectivity index (χ0) is 12.5. The smallest absolute Gasteiger partial charge is 0.0664 e. The van der Waals surface area contributed by atoms with E-state index in [1.807, 2.05) is 11.8 Å². The Morgan fingerprint density at radius 1 is 1.28 bits per heavy atom. The van der Waals surface area contributed by atoms with Crippen molar-refractivity contribution in [2.24, 2.45) is 17.8 Å². The van der Waals surface area contributed by atoms with Crippen molar-refractivity contribution in [2.45, 2.75) is 43.6 Å². The normalized spacial score (nSPS) is 31.8. The van der Waals surface area contributed by atoms with Crippen LogP contribution in [0.2, 0.25) is 0 Å². The Labute approximate surface area is 114 Å². The molecule has 0 saturated heterocycles. The standard InChI is InChI=1S/C16H22OS/c1-11-4-2-3-5-16(11)18-10-15(17)14-9-12-6-7-13(14)8-12/h2-5,12-15,17H,6-10H2,1H3. The van der Waals surface area contributed by atoms with Crippen LogP contribution >= 0.6 is 11.8 Å². The Balaban J connectivity index is 1.56. The van der Waals surface area contributed by atoms with Crippen LogP contribution in [-0.4, -0.2) is 17.0 Å². The van der Waals surface area contributed by atoms with E-state index in [4.69, 9.17) is 0 Å². The van der Waals surface area contributed by atoms with Crippen LogP contribution in [0.1, 0.15) is 31.2 Å². The number of benzene rings is 1. The van der Waals surface area contributed by atoms with Crippen LogP contribution in [0.15, 0.2) is 29.2 Å². The maximum Gasteiger partial charge on any atom is 0.0664 e. The first-order valence-electron chi connectivity index (χ1n) is 7.10. The number of rotatable bonds is 4. The van der Waals surface area contributed by atoms with Gasteiger partial charge >= 0.3 is 0 Å². The molecule has 0 amide bonds. The molecule has 0 spiro atoms. The highest BCUT2D eigenvalue weighted by atomic mass is 32.2. The molecule has 1 nitrogen and oxygen atoms in total. The quantitative estimate of drug-likeness (QED) is 0.831. The first kappa shape index (κ1) is 12.6. The lowest BCUT2D eigenvalue weighted by molar-refractivity contribution is 0.0944. The maximum atomic E-state index is 10.4. The van der Waals surface area contributed by atoms with Gasteiger partial charge in [0.2, 0.25) is 0 Å². The Hall–Kier alpha value is -0.470. The predicted molar refractivity (Wildman–Crippen MR) is 76.8 cm³/mol. The summed E-state index contributed by atoms with van der Waals surface area (Å²) in [6.07, 6.45) is 5.34. The number of thioether (sulfide) groups is 1. The molecule has 2 saturated carbocycles. The van der Waals surface area contributed by atoms with Crippen molar-refractivity contribution >= 4 is 11.8 Å². The highest BCUT2D eigenvalue weighted by Gasteiger charge is 2.42. The highest BCUT2D eigenvalue weighted by Crippen LogP contribution is 2.50. The Morgan fingerprint density at radius 2 is 2.11 bits per heavy atom. The molecule has 1 aromatic rings. The van der Waals surface area contributed by atoms with Crippen LogP contribution in [0.25, 0.3) is 0 Å².